The number of nitrogens with one attached hydrogen (secondary N) is 1. The minimum absolute atomic E-state index is 0.0191. The van der Waals surface area contributed by atoms with E-state index in [1.807, 2.05) is 44.2 Å². The maximum absolute atomic E-state index is 11.9. The van der Waals surface area contributed by atoms with Crippen LogP contribution in [0.1, 0.15) is 24.2 Å². The van der Waals surface area contributed by atoms with Crippen molar-refractivity contribution in [2.75, 3.05) is 37.7 Å². The number of benzene rings is 1. The first kappa shape index (κ1) is 18.9. The van der Waals surface area contributed by atoms with E-state index >= 15 is 0 Å². The highest BCUT2D eigenvalue weighted by Gasteiger charge is 2.15. The summed E-state index contributed by atoms with van der Waals surface area (Å²) in [5, 5.41) is 2.78. The highest BCUT2D eigenvalue weighted by atomic mass is 16.5. The van der Waals surface area contributed by atoms with Crippen LogP contribution >= 0.6 is 0 Å². The number of ether oxygens (including phenoxy) is 2. The number of carbonyl (C=O) groups excluding carboxylic acids is 1. The molecule has 1 saturated heterocycles. The number of anilines is 1. The number of aryl methyl sites for hydroxylation is 2. The first-order valence-electron chi connectivity index (χ1n) is 9.30. The van der Waals surface area contributed by atoms with Crippen LogP contribution in [0, 0.1) is 13.8 Å². The van der Waals surface area contributed by atoms with E-state index in [9.17, 15) is 4.79 Å². The van der Waals surface area contributed by atoms with Crippen LogP contribution < -0.4 is 19.7 Å². The lowest BCUT2D eigenvalue weighted by Crippen LogP contribution is -2.32. The Kier molecular flexibility index (Phi) is 6.46. The topological polar surface area (TPSA) is 76.6 Å². The Balaban J connectivity index is 1.39. The van der Waals surface area contributed by atoms with Gasteiger partial charge in [-0.3, -0.25) is 4.79 Å². The molecule has 0 spiro atoms. The Labute approximate surface area is 159 Å². The zero-order valence-corrected chi connectivity index (χ0v) is 15.9. The molecule has 0 unspecified atom stereocenters. The van der Waals surface area contributed by atoms with Gasteiger partial charge < -0.3 is 19.7 Å². The fraction of sp³-hybridized carbons (Fsp3) is 0.450. The molecule has 1 aromatic carbocycles. The molecule has 0 bridgehead atoms. The van der Waals surface area contributed by atoms with Crippen molar-refractivity contribution in [2.24, 2.45) is 0 Å². The molecule has 7 nitrogen and oxygen atoms in total. The number of hydrogen-bond donors (Lipinski definition) is 1. The molecule has 1 N–H and O–H groups in total. The van der Waals surface area contributed by atoms with Crippen LogP contribution in [-0.2, 0) is 4.79 Å². The van der Waals surface area contributed by atoms with Gasteiger partial charge in [0, 0.05) is 19.2 Å². The molecule has 0 radical (unpaired) electrons. The molecule has 3 rings (SSSR count). The van der Waals surface area contributed by atoms with Crippen molar-refractivity contribution in [3.05, 3.63) is 41.7 Å². The second kappa shape index (κ2) is 9.21. The number of carbonyl (C=O) groups is 1. The zero-order chi connectivity index (χ0) is 19.1. The lowest BCUT2D eigenvalue weighted by molar-refractivity contribution is -0.123. The Hall–Kier alpha value is -2.83. The fourth-order valence-electron chi connectivity index (χ4n) is 2.89. The number of hydrogen-bond acceptors (Lipinski definition) is 6. The third kappa shape index (κ3) is 5.84. The molecule has 2 heterocycles. The Bertz CT molecular complexity index is 758. The highest BCUT2D eigenvalue weighted by Crippen LogP contribution is 2.21. The summed E-state index contributed by atoms with van der Waals surface area (Å²) in [6.45, 7) is 6.61. The summed E-state index contributed by atoms with van der Waals surface area (Å²) < 4.78 is 11.1. The fourth-order valence-corrected chi connectivity index (χ4v) is 2.89. The van der Waals surface area contributed by atoms with Crippen molar-refractivity contribution in [3.63, 3.8) is 0 Å². The molecule has 1 aliphatic heterocycles. The average molecular weight is 370 g/mol. The van der Waals surface area contributed by atoms with Gasteiger partial charge in [0.15, 0.2) is 6.61 Å². The summed E-state index contributed by atoms with van der Waals surface area (Å²) in [5.74, 6) is 2.62. The van der Waals surface area contributed by atoms with Crippen LogP contribution in [0.25, 0.3) is 0 Å². The summed E-state index contributed by atoms with van der Waals surface area (Å²) in [5.41, 5.74) is 1.15. The molecule has 144 valence electrons. The van der Waals surface area contributed by atoms with E-state index < -0.39 is 0 Å². The summed E-state index contributed by atoms with van der Waals surface area (Å²) >= 11 is 0. The molecule has 7 heteroatoms. The maximum atomic E-state index is 11.9. The molecule has 2 aromatic rings. The third-order valence-corrected chi connectivity index (χ3v) is 4.30. The van der Waals surface area contributed by atoms with Crippen LogP contribution in [0.15, 0.2) is 30.3 Å². The molecule has 1 aliphatic rings. The van der Waals surface area contributed by atoms with Gasteiger partial charge in [0.25, 0.3) is 5.91 Å². The first-order chi connectivity index (χ1) is 13.1. The molecule has 0 atom stereocenters. The summed E-state index contributed by atoms with van der Waals surface area (Å²) in [6.07, 6.45) is 2.38. The van der Waals surface area contributed by atoms with Gasteiger partial charge in [-0.05, 0) is 38.8 Å². The molecule has 1 amide bonds. The molecule has 0 saturated carbocycles. The molecular formula is C20H26N4O3. The summed E-state index contributed by atoms with van der Waals surface area (Å²) in [4.78, 5) is 22.9. The van der Waals surface area contributed by atoms with Gasteiger partial charge in [-0.1, -0.05) is 17.7 Å². The molecule has 1 aromatic heterocycles. The molecule has 27 heavy (non-hydrogen) atoms. The quantitative estimate of drug-likeness (QED) is 0.719. The number of aromatic nitrogens is 2. The normalized spacial score (nSPS) is 13.5. The van der Waals surface area contributed by atoms with Crippen molar-refractivity contribution < 1.29 is 14.3 Å². The second-order valence-electron chi connectivity index (χ2n) is 6.61. The molecule has 0 aliphatic carbocycles. The van der Waals surface area contributed by atoms with Gasteiger partial charge in [0.2, 0.25) is 5.88 Å². The Morgan fingerprint density at radius 2 is 1.85 bits per heavy atom. The van der Waals surface area contributed by atoms with E-state index in [4.69, 9.17) is 9.47 Å². The van der Waals surface area contributed by atoms with E-state index in [1.54, 1.807) is 0 Å². The minimum atomic E-state index is -0.184. The number of rotatable bonds is 8. The summed E-state index contributed by atoms with van der Waals surface area (Å²) in [7, 11) is 0. The summed E-state index contributed by atoms with van der Waals surface area (Å²) in [6, 6.07) is 9.45. The SMILES string of the molecule is Cc1ccc(OCC(=O)NCCOc2cc(N3CCCC3)nc(C)n2)cc1. The van der Waals surface area contributed by atoms with E-state index in [0.29, 0.717) is 30.6 Å². The third-order valence-electron chi connectivity index (χ3n) is 4.30. The van der Waals surface area contributed by atoms with Crippen molar-refractivity contribution in [1.82, 2.24) is 15.3 Å². The standard InChI is InChI=1S/C20H26N4O3/c1-15-5-7-17(8-6-15)27-14-19(25)21-9-12-26-20-13-18(22-16(2)23-20)24-10-3-4-11-24/h5-8,13H,3-4,9-12,14H2,1-2H3,(H,21,25). The van der Waals surface area contributed by atoms with E-state index in [2.05, 4.69) is 20.2 Å². The zero-order valence-electron chi connectivity index (χ0n) is 15.9. The smallest absolute Gasteiger partial charge is 0.258 e. The lowest BCUT2D eigenvalue weighted by Gasteiger charge is -2.17. The van der Waals surface area contributed by atoms with Gasteiger partial charge in [0.05, 0.1) is 6.54 Å². The van der Waals surface area contributed by atoms with Gasteiger partial charge >= 0.3 is 0 Å². The van der Waals surface area contributed by atoms with Gasteiger partial charge in [-0.2, -0.15) is 4.98 Å². The predicted molar refractivity (Wildman–Crippen MR) is 103 cm³/mol. The Morgan fingerprint density at radius 1 is 1.11 bits per heavy atom. The van der Waals surface area contributed by atoms with Crippen LogP contribution in [0.3, 0.4) is 0 Å². The van der Waals surface area contributed by atoms with Crippen LogP contribution in [0.4, 0.5) is 5.82 Å². The van der Waals surface area contributed by atoms with Crippen molar-refractivity contribution in [3.8, 4) is 11.6 Å². The van der Waals surface area contributed by atoms with Crippen LogP contribution in [-0.4, -0.2) is 48.7 Å². The first-order valence-corrected chi connectivity index (χ1v) is 9.30. The number of amides is 1. The van der Waals surface area contributed by atoms with Gasteiger partial charge in [0.1, 0.15) is 24.0 Å². The average Bonchev–Trinajstić information content (AvgIpc) is 3.19. The van der Waals surface area contributed by atoms with Crippen LogP contribution in [0.5, 0.6) is 11.6 Å². The van der Waals surface area contributed by atoms with E-state index in [1.165, 1.54) is 12.8 Å². The molecular weight excluding hydrogens is 344 g/mol. The van der Waals surface area contributed by atoms with Crippen molar-refractivity contribution in [2.45, 2.75) is 26.7 Å². The predicted octanol–water partition coefficient (Wildman–Crippen LogP) is 2.27. The number of nitrogens with zero attached hydrogens (tertiary/aromatic N) is 3. The highest BCUT2D eigenvalue weighted by molar-refractivity contribution is 5.77. The Morgan fingerprint density at radius 3 is 2.59 bits per heavy atom. The van der Waals surface area contributed by atoms with Crippen molar-refractivity contribution >= 4 is 11.7 Å². The molecule has 1 fully saturated rings. The van der Waals surface area contributed by atoms with Crippen LogP contribution in [0.2, 0.25) is 0 Å². The lowest BCUT2D eigenvalue weighted by atomic mass is 10.2. The maximum Gasteiger partial charge on any atom is 0.258 e. The van der Waals surface area contributed by atoms with E-state index in [0.717, 1.165) is 24.5 Å². The second-order valence-corrected chi connectivity index (χ2v) is 6.61. The minimum Gasteiger partial charge on any atom is -0.484 e. The van der Waals surface area contributed by atoms with Gasteiger partial charge in [-0.25, -0.2) is 4.98 Å². The monoisotopic (exact) mass is 370 g/mol. The van der Waals surface area contributed by atoms with Gasteiger partial charge in [-0.15, -0.1) is 0 Å². The largest absolute Gasteiger partial charge is 0.484 e. The van der Waals surface area contributed by atoms with E-state index in [-0.39, 0.29) is 12.5 Å². The van der Waals surface area contributed by atoms with Crippen molar-refractivity contribution in [1.29, 1.82) is 0 Å².